The number of aliphatic imine (C=N–C) groups is 1. The van der Waals surface area contributed by atoms with Crippen LogP contribution in [0.2, 0.25) is 0 Å². The molecule has 1 aromatic heterocycles. The van der Waals surface area contributed by atoms with Crippen LogP contribution in [0, 0.1) is 5.82 Å². The van der Waals surface area contributed by atoms with E-state index < -0.39 is 35.7 Å². The molecule has 0 saturated carbocycles. The molecule has 0 bridgehead atoms. The normalized spacial score (nSPS) is 18.5. The number of anilines is 1. The zero-order valence-corrected chi connectivity index (χ0v) is 16.6. The summed E-state index contributed by atoms with van der Waals surface area (Å²) in [6.07, 6.45) is -2.12. The summed E-state index contributed by atoms with van der Waals surface area (Å²) >= 11 is 0. The van der Waals surface area contributed by atoms with Gasteiger partial charge in [0.15, 0.2) is 17.1 Å². The molecule has 1 aliphatic heterocycles. The quantitative estimate of drug-likeness (QED) is 0.650. The van der Waals surface area contributed by atoms with Crippen molar-refractivity contribution in [3.05, 3.63) is 47.0 Å². The van der Waals surface area contributed by atoms with Crippen LogP contribution in [0.25, 0.3) is 0 Å². The van der Waals surface area contributed by atoms with Gasteiger partial charge in [-0.25, -0.2) is 18.2 Å². The van der Waals surface area contributed by atoms with Gasteiger partial charge in [-0.3, -0.25) is 9.79 Å². The molecule has 12 heteroatoms. The number of amidine groups is 1. The first-order valence-corrected chi connectivity index (χ1v) is 8.45. The van der Waals surface area contributed by atoms with Crippen LogP contribution in [0.1, 0.15) is 21.6 Å². The maximum Gasteiger partial charge on any atom is 0.269 e. The number of nitrogens with two attached hydrogens (primary N) is 2. The van der Waals surface area contributed by atoms with Crippen molar-refractivity contribution in [3.63, 3.8) is 0 Å². The minimum Gasteiger partial charge on any atom is -0.480 e. The molecule has 0 radical (unpaired) electrons. The lowest BCUT2D eigenvalue weighted by Crippen LogP contribution is -2.45. The lowest BCUT2D eigenvalue weighted by molar-refractivity contribution is -0.0146. The number of ether oxygens (including phenoxy) is 2. The molecular formula is C18H19ClF3N5O3. The number of Topliss-reactive ketones (excluding diaryl/α,β-unsaturated/α-hetero) is 1. The van der Waals surface area contributed by atoms with Gasteiger partial charge in [0.2, 0.25) is 5.88 Å². The number of nitrogen functional groups attached to an aromatic ring is 1. The first kappa shape index (κ1) is 23.4. The van der Waals surface area contributed by atoms with Crippen molar-refractivity contribution in [2.24, 2.45) is 10.7 Å². The third-order valence-corrected chi connectivity index (χ3v) is 4.39. The van der Waals surface area contributed by atoms with Crippen molar-refractivity contribution in [1.82, 2.24) is 9.97 Å². The standard InChI is InChI=1S/C18H18F3N5O3.ClH/c1-28-14-6-24-15(16(23)25-14)12(27)5-9-2-3-11(19)10(4-9)18(17(20)21)8-29-7-13(22)26-18;/h2-4,6,17H,5,7-8H2,1H3,(H2,22,26)(H2,23,25);1H/t18-;/m0./s1. The van der Waals surface area contributed by atoms with Crippen molar-refractivity contribution in [2.45, 2.75) is 18.4 Å². The number of aromatic nitrogens is 2. The van der Waals surface area contributed by atoms with Crippen LogP contribution in [0.5, 0.6) is 5.88 Å². The molecule has 0 spiro atoms. The SMILES string of the molecule is COc1cnc(C(=O)Cc2ccc(F)c([C@]3(C(F)F)COCC(N)=N3)c2)c(N)n1.Cl. The summed E-state index contributed by atoms with van der Waals surface area (Å²) in [6.45, 7) is -0.666. The van der Waals surface area contributed by atoms with E-state index in [1.165, 1.54) is 19.4 Å². The number of hydrogen-bond acceptors (Lipinski definition) is 8. The smallest absolute Gasteiger partial charge is 0.269 e. The first-order valence-electron chi connectivity index (χ1n) is 8.45. The van der Waals surface area contributed by atoms with E-state index in [-0.39, 0.29) is 54.2 Å². The molecule has 0 unspecified atom stereocenters. The van der Waals surface area contributed by atoms with E-state index in [4.69, 9.17) is 20.9 Å². The number of hydrogen-bond donors (Lipinski definition) is 2. The van der Waals surface area contributed by atoms with Crippen LogP contribution in [-0.2, 0) is 16.7 Å². The number of rotatable bonds is 6. The molecule has 1 atom stereocenters. The second-order valence-corrected chi connectivity index (χ2v) is 6.38. The van der Waals surface area contributed by atoms with Crippen LogP contribution in [0.3, 0.4) is 0 Å². The Morgan fingerprint density at radius 3 is 2.70 bits per heavy atom. The van der Waals surface area contributed by atoms with E-state index in [1.54, 1.807) is 0 Å². The molecular weight excluding hydrogens is 427 g/mol. The monoisotopic (exact) mass is 445 g/mol. The second-order valence-electron chi connectivity index (χ2n) is 6.38. The zero-order chi connectivity index (χ0) is 21.2. The molecule has 0 amide bonds. The Bertz CT molecular complexity index is 976. The van der Waals surface area contributed by atoms with Gasteiger partial charge >= 0.3 is 0 Å². The fourth-order valence-corrected chi connectivity index (χ4v) is 2.98. The molecule has 30 heavy (non-hydrogen) atoms. The molecule has 2 aromatic rings. The fourth-order valence-electron chi connectivity index (χ4n) is 2.98. The Morgan fingerprint density at radius 2 is 2.10 bits per heavy atom. The lowest BCUT2D eigenvalue weighted by atomic mass is 9.88. The zero-order valence-electron chi connectivity index (χ0n) is 15.8. The summed E-state index contributed by atoms with van der Waals surface area (Å²) in [5.41, 5.74) is 8.73. The average Bonchev–Trinajstić information content (AvgIpc) is 2.68. The number of alkyl halides is 2. The number of carbonyl (C=O) groups excluding carboxylic acids is 1. The van der Waals surface area contributed by atoms with Crippen molar-refractivity contribution >= 4 is 29.8 Å². The topological polar surface area (TPSA) is 126 Å². The number of methoxy groups -OCH3 is 1. The van der Waals surface area contributed by atoms with Gasteiger partial charge < -0.3 is 20.9 Å². The Kier molecular flexibility index (Phi) is 7.21. The van der Waals surface area contributed by atoms with Gasteiger partial charge in [0.25, 0.3) is 6.43 Å². The van der Waals surface area contributed by atoms with Gasteiger partial charge in [0.05, 0.1) is 19.9 Å². The largest absolute Gasteiger partial charge is 0.480 e. The van der Waals surface area contributed by atoms with E-state index in [1.807, 2.05) is 0 Å². The Hall–Kier alpha value is -2.92. The molecule has 0 saturated heterocycles. The Balaban J connectivity index is 0.00000320. The molecule has 1 aliphatic rings. The molecule has 2 heterocycles. The predicted octanol–water partition coefficient (Wildman–Crippen LogP) is 1.90. The van der Waals surface area contributed by atoms with Gasteiger partial charge in [-0.15, -0.1) is 12.4 Å². The van der Waals surface area contributed by atoms with E-state index >= 15 is 0 Å². The Labute approximate surface area is 175 Å². The van der Waals surface area contributed by atoms with Crippen LogP contribution < -0.4 is 16.2 Å². The molecule has 1 aromatic carbocycles. The van der Waals surface area contributed by atoms with Gasteiger partial charge in [-0.05, 0) is 17.7 Å². The summed E-state index contributed by atoms with van der Waals surface area (Å²) in [6, 6.07) is 3.45. The maximum atomic E-state index is 14.5. The maximum absolute atomic E-state index is 14.5. The van der Waals surface area contributed by atoms with Gasteiger partial charge in [0.1, 0.15) is 24.0 Å². The highest BCUT2D eigenvalue weighted by Gasteiger charge is 2.46. The predicted molar refractivity (Wildman–Crippen MR) is 105 cm³/mol. The highest BCUT2D eigenvalue weighted by Crippen LogP contribution is 2.37. The number of nitrogens with zero attached hydrogens (tertiary/aromatic N) is 3. The summed E-state index contributed by atoms with van der Waals surface area (Å²) < 4.78 is 52.2. The summed E-state index contributed by atoms with van der Waals surface area (Å²) in [7, 11) is 1.37. The van der Waals surface area contributed by atoms with Crippen molar-refractivity contribution in [3.8, 4) is 5.88 Å². The van der Waals surface area contributed by atoms with Crippen LogP contribution in [0.15, 0.2) is 29.4 Å². The number of halogens is 4. The minimum atomic E-state index is -3.08. The second kappa shape index (κ2) is 9.26. The molecule has 8 nitrogen and oxygen atoms in total. The molecule has 3 rings (SSSR count). The fraction of sp³-hybridized carbons (Fsp3) is 0.333. The number of ketones is 1. The van der Waals surface area contributed by atoms with E-state index in [0.717, 1.165) is 12.1 Å². The number of benzene rings is 1. The van der Waals surface area contributed by atoms with Crippen LogP contribution in [0.4, 0.5) is 19.0 Å². The van der Waals surface area contributed by atoms with Gasteiger partial charge in [-0.2, -0.15) is 4.98 Å². The molecule has 162 valence electrons. The molecule has 0 aliphatic carbocycles. The van der Waals surface area contributed by atoms with E-state index in [2.05, 4.69) is 15.0 Å². The summed E-state index contributed by atoms with van der Waals surface area (Å²) in [5.74, 6) is -1.61. The van der Waals surface area contributed by atoms with E-state index in [0.29, 0.717) is 0 Å². The lowest BCUT2D eigenvalue weighted by Gasteiger charge is -2.33. The minimum absolute atomic E-state index is 0. The summed E-state index contributed by atoms with van der Waals surface area (Å²) in [5, 5.41) is 0. The van der Waals surface area contributed by atoms with Crippen LogP contribution in [-0.4, -0.2) is 48.3 Å². The van der Waals surface area contributed by atoms with Crippen molar-refractivity contribution in [1.29, 1.82) is 0 Å². The first-order chi connectivity index (χ1) is 13.8. The number of carbonyl (C=O) groups is 1. The van der Waals surface area contributed by atoms with E-state index in [9.17, 15) is 18.0 Å². The molecule has 4 N–H and O–H groups in total. The average molecular weight is 446 g/mol. The third kappa shape index (κ3) is 4.46. The highest BCUT2D eigenvalue weighted by atomic mass is 35.5. The highest BCUT2D eigenvalue weighted by molar-refractivity contribution is 5.99. The molecule has 0 fully saturated rings. The Morgan fingerprint density at radius 1 is 1.37 bits per heavy atom. The van der Waals surface area contributed by atoms with Gasteiger partial charge in [0, 0.05) is 12.0 Å². The third-order valence-electron chi connectivity index (χ3n) is 4.39. The van der Waals surface area contributed by atoms with Crippen molar-refractivity contribution < 1.29 is 27.4 Å². The summed E-state index contributed by atoms with van der Waals surface area (Å²) in [4.78, 5) is 24.1. The van der Waals surface area contributed by atoms with Gasteiger partial charge in [-0.1, -0.05) is 6.07 Å². The van der Waals surface area contributed by atoms with Crippen LogP contribution >= 0.6 is 12.4 Å². The van der Waals surface area contributed by atoms with Crippen molar-refractivity contribution in [2.75, 3.05) is 26.1 Å².